The van der Waals surface area contributed by atoms with Crippen LogP contribution in [-0.2, 0) is 6.61 Å². The standard InChI is InChI=1S/C30H25NO3/c32-30(33)21-13-16-28-27(17-21)25-9-4-10-26(25)29(31-28)20-11-14-23(15-12-20)34-18-22-7-3-6-19-5-1-2-8-24(19)22/h1-9,11-17,25-26,29,31H,10,18H2,(H,32,33)/t25-,26+,29+/m1/s1. The van der Waals surface area contributed by atoms with Gasteiger partial charge in [-0.15, -0.1) is 0 Å². The minimum atomic E-state index is -0.887. The highest BCUT2D eigenvalue weighted by Gasteiger charge is 2.38. The topological polar surface area (TPSA) is 58.6 Å². The Hall–Kier alpha value is -4.05. The Labute approximate surface area is 198 Å². The molecule has 4 aromatic carbocycles. The van der Waals surface area contributed by atoms with Crippen molar-refractivity contribution in [2.24, 2.45) is 5.92 Å². The van der Waals surface area contributed by atoms with E-state index in [0.29, 0.717) is 18.1 Å². The summed E-state index contributed by atoms with van der Waals surface area (Å²) < 4.78 is 6.13. The van der Waals surface area contributed by atoms with Crippen LogP contribution in [0.15, 0.2) is 97.1 Å². The van der Waals surface area contributed by atoms with Gasteiger partial charge >= 0.3 is 5.97 Å². The Kier molecular flexibility index (Phi) is 5.06. The minimum absolute atomic E-state index is 0.162. The molecule has 0 radical (unpaired) electrons. The highest BCUT2D eigenvalue weighted by Crippen LogP contribution is 2.50. The van der Waals surface area contributed by atoms with Crippen molar-refractivity contribution >= 4 is 22.4 Å². The number of hydrogen-bond acceptors (Lipinski definition) is 3. The maximum absolute atomic E-state index is 11.5. The van der Waals surface area contributed by atoms with Crippen LogP contribution in [0.2, 0.25) is 0 Å². The zero-order valence-corrected chi connectivity index (χ0v) is 18.6. The molecule has 0 unspecified atom stereocenters. The largest absolute Gasteiger partial charge is 0.489 e. The van der Waals surface area contributed by atoms with E-state index in [-0.39, 0.29) is 12.0 Å². The van der Waals surface area contributed by atoms with Crippen molar-refractivity contribution in [3.8, 4) is 5.75 Å². The first-order valence-corrected chi connectivity index (χ1v) is 11.7. The molecule has 1 heterocycles. The zero-order valence-electron chi connectivity index (χ0n) is 18.6. The quantitative estimate of drug-likeness (QED) is 0.325. The number of fused-ring (bicyclic) bond motifs is 4. The fraction of sp³-hybridized carbons (Fsp3) is 0.167. The first-order chi connectivity index (χ1) is 16.7. The van der Waals surface area contributed by atoms with Gasteiger partial charge < -0.3 is 15.2 Å². The van der Waals surface area contributed by atoms with Crippen molar-refractivity contribution in [3.05, 3.63) is 119 Å². The summed E-state index contributed by atoms with van der Waals surface area (Å²) in [5.41, 5.74) is 4.81. The summed E-state index contributed by atoms with van der Waals surface area (Å²) in [5.74, 6) is 0.546. The molecule has 2 aliphatic rings. The lowest BCUT2D eigenvalue weighted by atomic mass is 9.76. The molecular formula is C30H25NO3. The Bertz CT molecular complexity index is 1400. The maximum Gasteiger partial charge on any atom is 0.335 e. The molecule has 1 aliphatic carbocycles. The average molecular weight is 448 g/mol. The molecule has 6 rings (SSSR count). The SMILES string of the molecule is O=C(O)c1ccc2c(c1)[C@@H]1C=CC[C@@H]1[C@H](c1ccc(OCc3cccc4ccccc34)cc1)N2. The summed E-state index contributed by atoms with van der Waals surface area (Å²) in [4.78, 5) is 11.5. The van der Waals surface area contributed by atoms with Crippen molar-refractivity contribution in [1.29, 1.82) is 0 Å². The lowest BCUT2D eigenvalue weighted by Crippen LogP contribution is -2.29. The number of rotatable bonds is 5. The van der Waals surface area contributed by atoms with E-state index in [4.69, 9.17) is 4.74 Å². The Morgan fingerprint density at radius 1 is 0.971 bits per heavy atom. The lowest BCUT2D eigenvalue weighted by molar-refractivity contribution is 0.0696. The molecule has 0 aromatic heterocycles. The fourth-order valence-corrected chi connectivity index (χ4v) is 5.41. The third-order valence-corrected chi connectivity index (χ3v) is 7.12. The molecule has 168 valence electrons. The van der Waals surface area contributed by atoms with Gasteiger partial charge in [0.05, 0.1) is 11.6 Å². The molecular weight excluding hydrogens is 422 g/mol. The summed E-state index contributed by atoms with van der Waals surface area (Å²) >= 11 is 0. The number of nitrogens with one attached hydrogen (secondary N) is 1. The number of carboxylic acid groups (broad SMARTS) is 1. The number of carboxylic acids is 1. The van der Waals surface area contributed by atoms with Crippen LogP contribution in [0.1, 0.15) is 45.4 Å². The third-order valence-electron chi connectivity index (χ3n) is 7.12. The second kappa shape index (κ2) is 8.38. The van der Waals surface area contributed by atoms with Crippen molar-refractivity contribution in [3.63, 3.8) is 0 Å². The van der Waals surface area contributed by atoms with Crippen LogP contribution in [0.25, 0.3) is 10.8 Å². The first-order valence-electron chi connectivity index (χ1n) is 11.7. The van der Waals surface area contributed by atoms with Crippen molar-refractivity contribution in [2.75, 3.05) is 5.32 Å². The first kappa shape index (κ1) is 20.5. The van der Waals surface area contributed by atoms with E-state index < -0.39 is 5.97 Å². The Morgan fingerprint density at radius 2 is 1.79 bits per heavy atom. The van der Waals surface area contributed by atoms with Gasteiger partial charge in [-0.2, -0.15) is 0 Å². The molecule has 0 amide bonds. The van der Waals surface area contributed by atoms with Crippen LogP contribution in [0.4, 0.5) is 5.69 Å². The zero-order chi connectivity index (χ0) is 23.1. The second-order valence-corrected chi connectivity index (χ2v) is 9.08. The molecule has 0 fully saturated rings. The number of carbonyl (C=O) groups is 1. The predicted molar refractivity (Wildman–Crippen MR) is 134 cm³/mol. The monoisotopic (exact) mass is 447 g/mol. The molecule has 0 saturated heterocycles. The summed E-state index contributed by atoms with van der Waals surface area (Å²) in [5, 5.41) is 15.5. The Morgan fingerprint density at radius 3 is 2.65 bits per heavy atom. The molecule has 1 aliphatic heterocycles. The lowest BCUT2D eigenvalue weighted by Gasteiger charge is -2.37. The van der Waals surface area contributed by atoms with E-state index in [1.807, 2.05) is 24.3 Å². The average Bonchev–Trinajstić information content (AvgIpc) is 3.37. The molecule has 0 spiro atoms. The van der Waals surface area contributed by atoms with E-state index in [1.165, 1.54) is 21.9 Å². The number of aromatic carboxylic acids is 1. The van der Waals surface area contributed by atoms with Crippen LogP contribution < -0.4 is 10.1 Å². The van der Waals surface area contributed by atoms with Crippen molar-refractivity contribution in [1.82, 2.24) is 0 Å². The van der Waals surface area contributed by atoms with Crippen LogP contribution in [-0.4, -0.2) is 11.1 Å². The highest BCUT2D eigenvalue weighted by molar-refractivity contribution is 5.89. The molecule has 4 nitrogen and oxygen atoms in total. The van der Waals surface area contributed by atoms with Gasteiger partial charge in [0.15, 0.2) is 0 Å². The van der Waals surface area contributed by atoms with Gasteiger partial charge in [0, 0.05) is 11.6 Å². The van der Waals surface area contributed by atoms with Crippen LogP contribution in [0.5, 0.6) is 5.75 Å². The summed E-state index contributed by atoms with van der Waals surface area (Å²) in [6, 6.07) is 28.6. The normalized spacial score (nSPS) is 20.4. The predicted octanol–water partition coefficient (Wildman–Crippen LogP) is 6.94. The maximum atomic E-state index is 11.5. The second-order valence-electron chi connectivity index (χ2n) is 9.08. The minimum Gasteiger partial charge on any atom is -0.489 e. The molecule has 4 aromatic rings. The molecule has 0 bridgehead atoms. The number of ether oxygens (including phenoxy) is 1. The number of anilines is 1. The molecule has 4 heteroatoms. The number of hydrogen-bond donors (Lipinski definition) is 2. The van der Waals surface area contributed by atoms with E-state index in [0.717, 1.165) is 23.4 Å². The van der Waals surface area contributed by atoms with Gasteiger partial charge in [0.2, 0.25) is 0 Å². The van der Waals surface area contributed by atoms with Crippen molar-refractivity contribution < 1.29 is 14.6 Å². The smallest absolute Gasteiger partial charge is 0.335 e. The van der Waals surface area contributed by atoms with E-state index >= 15 is 0 Å². The van der Waals surface area contributed by atoms with Gasteiger partial charge in [0.1, 0.15) is 12.4 Å². The van der Waals surface area contributed by atoms with Gasteiger partial charge in [-0.05, 0) is 70.1 Å². The van der Waals surface area contributed by atoms with Gasteiger partial charge in [-0.1, -0.05) is 66.7 Å². The van der Waals surface area contributed by atoms with E-state index in [1.54, 1.807) is 6.07 Å². The van der Waals surface area contributed by atoms with E-state index in [2.05, 4.69) is 72.1 Å². The molecule has 34 heavy (non-hydrogen) atoms. The fourth-order valence-electron chi connectivity index (χ4n) is 5.41. The molecule has 0 saturated carbocycles. The summed E-state index contributed by atoms with van der Waals surface area (Å²) in [7, 11) is 0. The summed E-state index contributed by atoms with van der Waals surface area (Å²) in [6.45, 7) is 0.524. The number of allylic oxidation sites excluding steroid dienone is 2. The van der Waals surface area contributed by atoms with Crippen LogP contribution in [0.3, 0.4) is 0 Å². The number of benzene rings is 4. The van der Waals surface area contributed by atoms with E-state index in [9.17, 15) is 9.90 Å². The molecule has 3 atom stereocenters. The van der Waals surface area contributed by atoms with Crippen LogP contribution >= 0.6 is 0 Å². The summed E-state index contributed by atoms with van der Waals surface area (Å²) in [6.07, 6.45) is 5.41. The van der Waals surface area contributed by atoms with Gasteiger partial charge in [-0.25, -0.2) is 4.79 Å². The van der Waals surface area contributed by atoms with Gasteiger partial charge in [-0.3, -0.25) is 0 Å². The van der Waals surface area contributed by atoms with Gasteiger partial charge in [0.25, 0.3) is 0 Å². The Balaban J connectivity index is 1.22. The third kappa shape index (κ3) is 3.61. The molecule has 2 N–H and O–H groups in total. The van der Waals surface area contributed by atoms with Crippen molar-refractivity contribution in [2.45, 2.75) is 25.0 Å². The van der Waals surface area contributed by atoms with Crippen LogP contribution in [0, 0.1) is 5.92 Å². The highest BCUT2D eigenvalue weighted by atomic mass is 16.5.